The first kappa shape index (κ1) is 14.1. The van der Waals surface area contributed by atoms with Gasteiger partial charge in [0.15, 0.2) is 0 Å². The summed E-state index contributed by atoms with van der Waals surface area (Å²) in [6.45, 7) is 4.74. The summed E-state index contributed by atoms with van der Waals surface area (Å²) in [6, 6.07) is 5.06. The van der Waals surface area contributed by atoms with Gasteiger partial charge in [-0.15, -0.1) is 0 Å². The second kappa shape index (κ2) is 6.75. The number of nitrogens with one attached hydrogen (secondary N) is 1. The minimum Gasteiger partial charge on any atom is -0.398 e. The number of ether oxygens (including phenoxy) is 1. The van der Waals surface area contributed by atoms with Crippen molar-refractivity contribution in [3.63, 3.8) is 0 Å². The van der Waals surface area contributed by atoms with E-state index in [0.29, 0.717) is 22.8 Å². The lowest BCUT2D eigenvalue weighted by Gasteiger charge is -2.26. The summed E-state index contributed by atoms with van der Waals surface area (Å²) >= 11 is 6.00. The van der Waals surface area contributed by atoms with E-state index in [-0.39, 0.29) is 5.91 Å². The zero-order valence-corrected chi connectivity index (χ0v) is 11.4. The van der Waals surface area contributed by atoms with Crippen LogP contribution in [0.4, 0.5) is 5.69 Å². The van der Waals surface area contributed by atoms with Gasteiger partial charge in [-0.3, -0.25) is 9.69 Å². The van der Waals surface area contributed by atoms with Crippen LogP contribution in [0.15, 0.2) is 18.2 Å². The predicted octanol–water partition coefficient (Wildman–Crippen LogP) is 0.984. The van der Waals surface area contributed by atoms with Crippen LogP contribution in [0.25, 0.3) is 0 Å². The summed E-state index contributed by atoms with van der Waals surface area (Å²) < 4.78 is 5.27. The number of halogens is 1. The maximum Gasteiger partial charge on any atom is 0.252 e. The highest BCUT2D eigenvalue weighted by atomic mass is 35.5. The number of nitrogen functional groups attached to an aromatic ring is 1. The van der Waals surface area contributed by atoms with Crippen molar-refractivity contribution in [1.82, 2.24) is 10.2 Å². The molecule has 19 heavy (non-hydrogen) atoms. The summed E-state index contributed by atoms with van der Waals surface area (Å²) in [5.41, 5.74) is 6.51. The molecular formula is C13H18ClN3O2. The van der Waals surface area contributed by atoms with Gasteiger partial charge in [-0.05, 0) is 12.1 Å². The average molecular weight is 284 g/mol. The molecule has 3 N–H and O–H groups in total. The highest BCUT2D eigenvalue weighted by Gasteiger charge is 2.13. The molecule has 1 fully saturated rings. The number of rotatable bonds is 4. The molecule has 0 radical (unpaired) electrons. The zero-order valence-electron chi connectivity index (χ0n) is 10.7. The molecule has 0 aliphatic carbocycles. The van der Waals surface area contributed by atoms with Crippen LogP contribution in [0.2, 0.25) is 5.02 Å². The maximum absolute atomic E-state index is 12.0. The molecule has 1 aromatic rings. The normalized spacial score (nSPS) is 16.3. The summed E-state index contributed by atoms with van der Waals surface area (Å²) in [4.78, 5) is 14.2. The SMILES string of the molecule is Nc1cccc(C(=O)NCCN2CCOCC2)c1Cl. The maximum atomic E-state index is 12.0. The Kier molecular flexibility index (Phi) is 5.01. The Morgan fingerprint density at radius 1 is 1.42 bits per heavy atom. The second-order valence-corrected chi connectivity index (χ2v) is 4.80. The zero-order chi connectivity index (χ0) is 13.7. The van der Waals surface area contributed by atoms with Crippen molar-refractivity contribution in [2.45, 2.75) is 0 Å². The number of carbonyl (C=O) groups is 1. The van der Waals surface area contributed by atoms with Crippen molar-refractivity contribution in [3.8, 4) is 0 Å². The number of nitrogens with two attached hydrogens (primary N) is 1. The molecule has 0 aromatic heterocycles. The Hall–Kier alpha value is -1.30. The van der Waals surface area contributed by atoms with Gasteiger partial charge in [0.25, 0.3) is 5.91 Å². The minimum atomic E-state index is -0.189. The molecule has 0 atom stereocenters. The van der Waals surface area contributed by atoms with E-state index in [1.807, 2.05) is 0 Å². The molecule has 1 saturated heterocycles. The highest BCUT2D eigenvalue weighted by Crippen LogP contribution is 2.22. The van der Waals surface area contributed by atoms with Crippen LogP contribution in [-0.2, 0) is 4.74 Å². The molecule has 2 rings (SSSR count). The van der Waals surface area contributed by atoms with E-state index < -0.39 is 0 Å². The number of hydrogen-bond donors (Lipinski definition) is 2. The van der Waals surface area contributed by atoms with E-state index in [0.717, 1.165) is 32.8 Å². The number of anilines is 1. The number of carbonyl (C=O) groups excluding carboxylic acids is 1. The summed E-state index contributed by atoms with van der Waals surface area (Å²) in [6.07, 6.45) is 0. The van der Waals surface area contributed by atoms with E-state index in [4.69, 9.17) is 22.1 Å². The van der Waals surface area contributed by atoms with Gasteiger partial charge >= 0.3 is 0 Å². The largest absolute Gasteiger partial charge is 0.398 e. The molecule has 1 aliphatic heterocycles. The number of nitrogens with zero attached hydrogens (tertiary/aromatic N) is 1. The number of morpholine rings is 1. The van der Waals surface area contributed by atoms with E-state index in [9.17, 15) is 4.79 Å². The molecule has 1 heterocycles. The van der Waals surface area contributed by atoms with Crippen molar-refractivity contribution < 1.29 is 9.53 Å². The first-order chi connectivity index (χ1) is 9.18. The van der Waals surface area contributed by atoms with Gasteiger partial charge in [0.1, 0.15) is 0 Å². The van der Waals surface area contributed by atoms with Gasteiger partial charge in [0.2, 0.25) is 0 Å². The minimum absolute atomic E-state index is 0.189. The Labute approximate surface area is 117 Å². The third-order valence-electron chi connectivity index (χ3n) is 3.09. The molecule has 5 nitrogen and oxygen atoms in total. The lowest BCUT2D eigenvalue weighted by Crippen LogP contribution is -2.41. The van der Waals surface area contributed by atoms with Gasteiger partial charge < -0.3 is 15.8 Å². The van der Waals surface area contributed by atoms with E-state index in [1.54, 1.807) is 18.2 Å². The molecule has 6 heteroatoms. The van der Waals surface area contributed by atoms with E-state index >= 15 is 0 Å². The Bertz CT molecular complexity index is 448. The fourth-order valence-corrected chi connectivity index (χ4v) is 2.18. The van der Waals surface area contributed by atoms with Crippen LogP contribution in [0.5, 0.6) is 0 Å². The molecule has 0 saturated carbocycles. The monoisotopic (exact) mass is 283 g/mol. The first-order valence-electron chi connectivity index (χ1n) is 6.31. The quantitative estimate of drug-likeness (QED) is 0.809. The lowest BCUT2D eigenvalue weighted by molar-refractivity contribution is 0.0383. The molecule has 0 bridgehead atoms. The van der Waals surface area contributed by atoms with Crippen molar-refractivity contribution in [3.05, 3.63) is 28.8 Å². The summed E-state index contributed by atoms with van der Waals surface area (Å²) in [5, 5.41) is 3.16. The molecular weight excluding hydrogens is 266 g/mol. The van der Waals surface area contributed by atoms with Gasteiger partial charge in [-0.1, -0.05) is 17.7 Å². The van der Waals surface area contributed by atoms with E-state index in [2.05, 4.69) is 10.2 Å². The third-order valence-corrected chi connectivity index (χ3v) is 3.51. The average Bonchev–Trinajstić information content (AvgIpc) is 2.43. The summed E-state index contributed by atoms with van der Waals surface area (Å²) in [5.74, 6) is -0.189. The molecule has 1 aromatic carbocycles. The number of benzene rings is 1. The van der Waals surface area contributed by atoms with Crippen molar-refractivity contribution in [1.29, 1.82) is 0 Å². The van der Waals surface area contributed by atoms with E-state index in [1.165, 1.54) is 0 Å². The Morgan fingerprint density at radius 2 is 2.16 bits per heavy atom. The van der Waals surface area contributed by atoms with Crippen molar-refractivity contribution in [2.75, 3.05) is 45.1 Å². The Morgan fingerprint density at radius 3 is 2.89 bits per heavy atom. The molecule has 1 amide bonds. The van der Waals surface area contributed by atoms with Gasteiger partial charge in [0.05, 0.1) is 29.5 Å². The Balaban J connectivity index is 1.82. The second-order valence-electron chi connectivity index (χ2n) is 4.42. The molecule has 0 unspecified atom stereocenters. The smallest absolute Gasteiger partial charge is 0.252 e. The molecule has 0 spiro atoms. The van der Waals surface area contributed by atoms with Crippen LogP contribution in [0.3, 0.4) is 0 Å². The van der Waals surface area contributed by atoms with Gasteiger partial charge in [0, 0.05) is 26.2 Å². The van der Waals surface area contributed by atoms with Crippen molar-refractivity contribution >= 4 is 23.2 Å². The van der Waals surface area contributed by atoms with Crippen LogP contribution in [0.1, 0.15) is 10.4 Å². The highest BCUT2D eigenvalue weighted by molar-refractivity contribution is 6.36. The van der Waals surface area contributed by atoms with Crippen LogP contribution in [0, 0.1) is 0 Å². The number of hydrogen-bond acceptors (Lipinski definition) is 4. The van der Waals surface area contributed by atoms with Gasteiger partial charge in [-0.25, -0.2) is 0 Å². The van der Waals surface area contributed by atoms with Crippen molar-refractivity contribution in [2.24, 2.45) is 0 Å². The topological polar surface area (TPSA) is 67.6 Å². The first-order valence-corrected chi connectivity index (χ1v) is 6.68. The molecule has 1 aliphatic rings. The summed E-state index contributed by atoms with van der Waals surface area (Å²) in [7, 11) is 0. The fraction of sp³-hybridized carbons (Fsp3) is 0.462. The predicted molar refractivity (Wildman–Crippen MR) is 75.5 cm³/mol. The van der Waals surface area contributed by atoms with Crippen LogP contribution < -0.4 is 11.1 Å². The van der Waals surface area contributed by atoms with Crippen LogP contribution in [-0.4, -0.2) is 50.2 Å². The van der Waals surface area contributed by atoms with Gasteiger partial charge in [-0.2, -0.15) is 0 Å². The lowest BCUT2D eigenvalue weighted by atomic mass is 10.2. The van der Waals surface area contributed by atoms with Crippen LogP contribution >= 0.6 is 11.6 Å². The fourth-order valence-electron chi connectivity index (χ4n) is 1.97. The molecule has 104 valence electrons. The number of amides is 1. The third kappa shape index (κ3) is 3.83. The standard InChI is InChI=1S/C13H18ClN3O2/c14-12-10(2-1-3-11(12)15)13(18)16-4-5-17-6-8-19-9-7-17/h1-3H,4-9,15H2,(H,16,18).